The van der Waals surface area contributed by atoms with Gasteiger partial charge in [0.25, 0.3) is 0 Å². The third kappa shape index (κ3) is 5.56. The van der Waals surface area contributed by atoms with Gasteiger partial charge in [-0.1, -0.05) is 0 Å². The quantitative estimate of drug-likeness (QED) is 0.865. The molecule has 0 radical (unpaired) electrons. The summed E-state index contributed by atoms with van der Waals surface area (Å²) in [7, 11) is 3.39. The van der Waals surface area contributed by atoms with Crippen molar-refractivity contribution in [1.82, 2.24) is 9.80 Å². The van der Waals surface area contributed by atoms with E-state index in [4.69, 9.17) is 4.74 Å². The van der Waals surface area contributed by atoms with Crippen molar-refractivity contribution in [1.29, 1.82) is 0 Å². The summed E-state index contributed by atoms with van der Waals surface area (Å²) in [6.07, 6.45) is 3.35. The molecule has 1 aromatic rings. The Balaban J connectivity index is 1.76. The molecule has 1 aliphatic rings. The van der Waals surface area contributed by atoms with E-state index in [1.165, 1.54) is 6.42 Å². The SMILES string of the molecule is COc1ccc(NC(=O)CN(C)CC(=O)N2CCCCC2)cc1. The lowest BCUT2D eigenvalue weighted by Crippen LogP contribution is -2.43. The average molecular weight is 319 g/mol. The molecule has 2 rings (SSSR count). The van der Waals surface area contributed by atoms with Gasteiger partial charge in [0, 0.05) is 18.8 Å². The van der Waals surface area contributed by atoms with Gasteiger partial charge >= 0.3 is 0 Å². The Morgan fingerprint density at radius 1 is 1.13 bits per heavy atom. The van der Waals surface area contributed by atoms with Crippen molar-refractivity contribution in [2.45, 2.75) is 19.3 Å². The second-order valence-corrected chi connectivity index (χ2v) is 5.89. The summed E-state index contributed by atoms with van der Waals surface area (Å²) in [4.78, 5) is 27.8. The van der Waals surface area contributed by atoms with Crippen LogP contribution in [0.25, 0.3) is 0 Å². The first-order valence-electron chi connectivity index (χ1n) is 7.98. The van der Waals surface area contributed by atoms with Gasteiger partial charge in [-0.3, -0.25) is 14.5 Å². The summed E-state index contributed by atoms with van der Waals surface area (Å²) >= 11 is 0. The zero-order valence-corrected chi connectivity index (χ0v) is 13.9. The zero-order chi connectivity index (χ0) is 16.7. The van der Waals surface area contributed by atoms with Gasteiger partial charge in [-0.2, -0.15) is 0 Å². The molecule has 1 heterocycles. The lowest BCUT2D eigenvalue weighted by Gasteiger charge is -2.28. The van der Waals surface area contributed by atoms with Crippen molar-refractivity contribution in [2.24, 2.45) is 0 Å². The van der Waals surface area contributed by atoms with Gasteiger partial charge in [-0.25, -0.2) is 0 Å². The number of piperidine rings is 1. The number of likely N-dealkylation sites (N-methyl/N-ethyl adjacent to an activating group) is 1. The molecule has 6 heteroatoms. The predicted octanol–water partition coefficient (Wildman–Crippen LogP) is 1.58. The molecule has 1 fully saturated rings. The van der Waals surface area contributed by atoms with E-state index in [0.29, 0.717) is 5.69 Å². The van der Waals surface area contributed by atoms with Crippen LogP contribution in [-0.2, 0) is 9.59 Å². The fourth-order valence-corrected chi connectivity index (χ4v) is 2.65. The van der Waals surface area contributed by atoms with Gasteiger partial charge in [0.2, 0.25) is 11.8 Å². The highest BCUT2D eigenvalue weighted by Gasteiger charge is 2.18. The van der Waals surface area contributed by atoms with Gasteiger partial charge < -0.3 is 15.0 Å². The van der Waals surface area contributed by atoms with Gasteiger partial charge in [-0.15, -0.1) is 0 Å². The molecule has 1 saturated heterocycles. The zero-order valence-electron chi connectivity index (χ0n) is 13.9. The molecule has 23 heavy (non-hydrogen) atoms. The molecule has 1 N–H and O–H groups in total. The fraction of sp³-hybridized carbons (Fsp3) is 0.529. The Morgan fingerprint density at radius 2 is 1.78 bits per heavy atom. The lowest BCUT2D eigenvalue weighted by atomic mass is 10.1. The number of ether oxygens (including phenoxy) is 1. The minimum atomic E-state index is -0.135. The Labute approximate surface area is 137 Å². The number of rotatable bonds is 6. The number of benzene rings is 1. The van der Waals surface area contributed by atoms with Crippen molar-refractivity contribution in [3.8, 4) is 5.75 Å². The Kier molecular flexibility index (Phi) is 6.40. The first kappa shape index (κ1) is 17.3. The molecule has 0 atom stereocenters. The number of nitrogens with zero attached hydrogens (tertiary/aromatic N) is 2. The van der Waals surface area contributed by atoms with Gasteiger partial charge in [0.1, 0.15) is 5.75 Å². The standard InChI is InChI=1S/C17H25N3O3/c1-19(13-17(22)20-10-4-3-5-11-20)12-16(21)18-14-6-8-15(23-2)9-7-14/h6-9H,3-5,10-13H2,1-2H3,(H,18,21). The molecule has 0 aromatic heterocycles. The molecule has 2 amide bonds. The van der Waals surface area contributed by atoms with Crippen LogP contribution in [0, 0.1) is 0 Å². The number of hydrogen-bond donors (Lipinski definition) is 1. The second kappa shape index (κ2) is 8.53. The Bertz CT molecular complexity index is 524. The smallest absolute Gasteiger partial charge is 0.238 e. The molecular formula is C17H25N3O3. The predicted molar refractivity (Wildman–Crippen MR) is 89.6 cm³/mol. The van der Waals surface area contributed by atoms with Crippen molar-refractivity contribution in [3.63, 3.8) is 0 Å². The van der Waals surface area contributed by atoms with Crippen molar-refractivity contribution in [2.75, 3.05) is 45.7 Å². The molecular weight excluding hydrogens is 294 g/mol. The maximum atomic E-state index is 12.2. The molecule has 0 unspecified atom stereocenters. The average Bonchev–Trinajstić information content (AvgIpc) is 2.56. The molecule has 0 aliphatic carbocycles. The summed E-state index contributed by atoms with van der Waals surface area (Å²) in [5.41, 5.74) is 0.714. The van der Waals surface area contributed by atoms with Crippen LogP contribution in [0.3, 0.4) is 0 Å². The van der Waals surface area contributed by atoms with E-state index in [0.717, 1.165) is 31.7 Å². The van der Waals surface area contributed by atoms with Crippen LogP contribution in [0.1, 0.15) is 19.3 Å². The highest BCUT2D eigenvalue weighted by atomic mass is 16.5. The summed E-state index contributed by atoms with van der Waals surface area (Å²) in [5, 5.41) is 2.82. The lowest BCUT2D eigenvalue weighted by molar-refractivity contribution is -0.133. The molecule has 126 valence electrons. The number of carbonyl (C=O) groups excluding carboxylic acids is 2. The van der Waals surface area contributed by atoms with E-state index in [-0.39, 0.29) is 24.9 Å². The van der Waals surface area contributed by atoms with E-state index in [1.807, 2.05) is 4.90 Å². The molecule has 1 aromatic carbocycles. The molecule has 0 spiro atoms. The van der Waals surface area contributed by atoms with Crippen LogP contribution in [0.2, 0.25) is 0 Å². The summed E-state index contributed by atoms with van der Waals surface area (Å²) in [6.45, 7) is 2.14. The first-order valence-corrected chi connectivity index (χ1v) is 7.98. The number of nitrogens with one attached hydrogen (secondary N) is 1. The maximum Gasteiger partial charge on any atom is 0.238 e. The highest BCUT2D eigenvalue weighted by molar-refractivity contribution is 5.92. The number of carbonyl (C=O) groups is 2. The van der Waals surface area contributed by atoms with Crippen molar-refractivity contribution < 1.29 is 14.3 Å². The van der Waals surface area contributed by atoms with Crippen LogP contribution >= 0.6 is 0 Å². The van der Waals surface area contributed by atoms with Crippen LogP contribution in [0.4, 0.5) is 5.69 Å². The number of hydrogen-bond acceptors (Lipinski definition) is 4. The monoisotopic (exact) mass is 319 g/mol. The van der Waals surface area contributed by atoms with E-state index < -0.39 is 0 Å². The Morgan fingerprint density at radius 3 is 2.39 bits per heavy atom. The Hall–Kier alpha value is -2.08. The molecule has 0 bridgehead atoms. The minimum Gasteiger partial charge on any atom is -0.497 e. The highest BCUT2D eigenvalue weighted by Crippen LogP contribution is 2.15. The maximum absolute atomic E-state index is 12.2. The van der Waals surface area contributed by atoms with Crippen molar-refractivity contribution >= 4 is 17.5 Å². The topological polar surface area (TPSA) is 61.9 Å². The third-order valence-electron chi connectivity index (χ3n) is 3.90. The molecule has 6 nitrogen and oxygen atoms in total. The van der Waals surface area contributed by atoms with Gasteiger partial charge in [-0.05, 0) is 50.6 Å². The van der Waals surface area contributed by atoms with Gasteiger partial charge in [0.15, 0.2) is 0 Å². The van der Waals surface area contributed by atoms with Crippen LogP contribution < -0.4 is 10.1 Å². The van der Waals surface area contributed by atoms with E-state index in [2.05, 4.69) is 5.32 Å². The van der Waals surface area contributed by atoms with Gasteiger partial charge in [0.05, 0.1) is 20.2 Å². The second-order valence-electron chi connectivity index (χ2n) is 5.89. The molecule has 0 saturated carbocycles. The van der Waals surface area contributed by atoms with E-state index in [1.54, 1.807) is 43.3 Å². The summed E-state index contributed by atoms with van der Waals surface area (Å²) in [6, 6.07) is 7.16. The summed E-state index contributed by atoms with van der Waals surface area (Å²) < 4.78 is 5.08. The first-order chi connectivity index (χ1) is 11.1. The molecule has 1 aliphatic heterocycles. The van der Waals surface area contributed by atoms with Crippen molar-refractivity contribution in [3.05, 3.63) is 24.3 Å². The van der Waals surface area contributed by atoms with Crippen LogP contribution in [-0.4, -0.2) is 62.0 Å². The third-order valence-corrected chi connectivity index (χ3v) is 3.90. The number of likely N-dealkylation sites (tertiary alicyclic amines) is 1. The number of methoxy groups -OCH3 is 1. The summed E-state index contributed by atoms with van der Waals surface area (Å²) in [5.74, 6) is 0.709. The normalized spacial score (nSPS) is 14.7. The number of anilines is 1. The van der Waals surface area contributed by atoms with Crippen LogP contribution in [0.5, 0.6) is 5.75 Å². The number of amides is 2. The van der Waals surface area contributed by atoms with Crippen LogP contribution in [0.15, 0.2) is 24.3 Å². The largest absolute Gasteiger partial charge is 0.497 e. The fourth-order valence-electron chi connectivity index (χ4n) is 2.65. The van der Waals surface area contributed by atoms with E-state index in [9.17, 15) is 9.59 Å². The van der Waals surface area contributed by atoms with E-state index >= 15 is 0 Å². The minimum absolute atomic E-state index is 0.101.